The topological polar surface area (TPSA) is 200 Å². The number of nitrogens with one attached hydrogen (secondary N) is 3. The monoisotopic (exact) mass is 829 g/mol. The Morgan fingerprint density at radius 2 is 1.72 bits per heavy atom. The lowest BCUT2D eigenvalue weighted by molar-refractivity contribution is -0.136. The lowest BCUT2D eigenvalue weighted by Crippen LogP contribution is -2.54. The van der Waals surface area contributed by atoms with Crippen LogP contribution >= 0.6 is 11.6 Å². The first-order chi connectivity index (χ1) is 27.6. The van der Waals surface area contributed by atoms with Gasteiger partial charge in [0.1, 0.15) is 16.8 Å². The van der Waals surface area contributed by atoms with Gasteiger partial charge in [0.25, 0.3) is 11.8 Å². The first-order valence-electron chi connectivity index (χ1n) is 19.0. The van der Waals surface area contributed by atoms with Crippen LogP contribution in [0, 0.1) is 6.92 Å². The number of imide groups is 2. The summed E-state index contributed by atoms with van der Waals surface area (Å²) in [7, 11) is -2.02. The van der Waals surface area contributed by atoms with Crippen molar-refractivity contribution in [2.75, 3.05) is 37.4 Å². The maximum atomic E-state index is 13.4. The number of halogens is 1. The molecule has 1 unspecified atom stereocenters. The van der Waals surface area contributed by atoms with Crippen molar-refractivity contribution in [2.45, 2.75) is 74.7 Å². The van der Waals surface area contributed by atoms with E-state index in [4.69, 9.17) is 16.3 Å². The largest absolute Gasteiger partial charge is 0.495 e. The lowest BCUT2D eigenvalue weighted by Gasteiger charge is -2.38. The van der Waals surface area contributed by atoms with Crippen molar-refractivity contribution in [3.63, 3.8) is 0 Å². The van der Waals surface area contributed by atoms with E-state index in [-0.39, 0.29) is 45.7 Å². The number of amides is 4. The summed E-state index contributed by atoms with van der Waals surface area (Å²) >= 11 is 6.44. The molecular formula is C41H44ClN7O8S. The lowest BCUT2D eigenvalue weighted by atomic mass is 9.83. The van der Waals surface area contributed by atoms with Crippen molar-refractivity contribution in [2.24, 2.45) is 0 Å². The fraction of sp³-hybridized carbons (Fsp3) is 0.366. The van der Waals surface area contributed by atoms with Crippen LogP contribution in [0.2, 0.25) is 5.02 Å². The minimum absolute atomic E-state index is 0.0363. The molecule has 0 saturated carbocycles. The smallest absolute Gasteiger partial charge is 0.262 e. The Morgan fingerprint density at radius 3 is 2.43 bits per heavy atom. The number of aliphatic hydroxyl groups is 1. The van der Waals surface area contributed by atoms with Gasteiger partial charge in [0.15, 0.2) is 15.7 Å². The number of benzene rings is 3. The summed E-state index contributed by atoms with van der Waals surface area (Å²) in [6.45, 7) is 7.15. The van der Waals surface area contributed by atoms with E-state index in [1.165, 1.54) is 12.3 Å². The van der Waals surface area contributed by atoms with Gasteiger partial charge in [-0.15, -0.1) is 0 Å². The second kappa shape index (κ2) is 16.1. The highest BCUT2D eigenvalue weighted by atomic mass is 35.5. The zero-order valence-electron chi connectivity index (χ0n) is 32.5. The van der Waals surface area contributed by atoms with Gasteiger partial charge in [0.2, 0.25) is 17.8 Å². The summed E-state index contributed by atoms with van der Waals surface area (Å²) in [4.78, 5) is 62.8. The number of hydrogen-bond acceptors (Lipinski definition) is 13. The van der Waals surface area contributed by atoms with Crippen molar-refractivity contribution in [3.8, 4) is 5.75 Å². The van der Waals surface area contributed by atoms with Gasteiger partial charge < -0.3 is 25.4 Å². The van der Waals surface area contributed by atoms with Crippen LogP contribution in [0.4, 0.5) is 23.1 Å². The Labute approximate surface area is 341 Å². The van der Waals surface area contributed by atoms with Crippen LogP contribution in [0.25, 0.3) is 0 Å². The maximum Gasteiger partial charge on any atom is 0.262 e. The van der Waals surface area contributed by atoms with Crippen LogP contribution in [0.5, 0.6) is 5.75 Å². The zero-order chi connectivity index (χ0) is 41.5. The number of aryl methyl sites for hydroxylation is 1. The van der Waals surface area contributed by atoms with Gasteiger partial charge in [-0.1, -0.05) is 29.8 Å². The van der Waals surface area contributed by atoms with Crippen LogP contribution in [0.1, 0.15) is 76.9 Å². The quantitative estimate of drug-likeness (QED) is 0.139. The first kappa shape index (κ1) is 40.8. The minimum Gasteiger partial charge on any atom is -0.495 e. The fourth-order valence-corrected chi connectivity index (χ4v) is 8.92. The number of hydrogen-bond donors (Lipinski definition) is 4. The molecule has 0 aliphatic carbocycles. The molecular weight excluding hydrogens is 786 g/mol. The molecule has 3 aliphatic rings. The molecule has 2 saturated heterocycles. The number of anilines is 4. The van der Waals surface area contributed by atoms with E-state index in [0.717, 1.165) is 16.0 Å². The van der Waals surface area contributed by atoms with Crippen LogP contribution < -0.4 is 20.7 Å². The Bertz CT molecular complexity index is 2430. The molecule has 58 heavy (non-hydrogen) atoms. The first-order valence-corrected chi connectivity index (χ1v) is 20.9. The number of rotatable bonds is 12. The molecule has 3 aliphatic heterocycles. The Balaban J connectivity index is 0.986. The molecule has 1 atom stereocenters. The number of sulfone groups is 1. The Kier molecular flexibility index (Phi) is 11.3. The summed E-state index contributed by atoms with van der Waals surface area (Å²) < 4.78 is 31.8. The van der Waals surface area contributed by atoms with Gasteiger partial charge in [0, 0.05) is 26.1 Å². The van der Waals surface area contributed by atoms with E-state index < -0.39 is 50.4 Å². The van der Waals surface area contributed by atoms with E-state index in [2.05, 4.69) is 30.8 Å². The number of nitrogens with zero attached hydrogens (tertiary/aromatic N) is 4. The average Bonchev–Trinajstić information content (AvgIpc) is 3.44. The van der Waals surface area contributed by atoms with Gasteiger partial charge in [-0.25, -0.2) is 13.4 Å². The van der Waals surface area contributed by atoms with Crippen LogP contribution in [0.15, 0.2) is 65.7 Å². The average molecular weight is 830 g/mol. The third kappa shape index (κ3) is 7.88. The molecule has 17 heteroatoms. The molecule has 304 valence electrons. The van der Waals surface area contributed by atoms with Crippen LogP contribution in [-0.2, 0) is 31.4 Å². The SMILES string of the molecule is COc1cc(CCN2CCC(O)(c3ccc4c(c3)C(=O)N(C3CCC(=O)NC3=O)C4=O)CC2)c(C)cc1Nc1ncc(Cl)c(Nc2ccccc2S(=O)(=O)C(C)C)n1. The number of para-hydroxylation sites is 1. The molecule has 1 aromatic heterocycles. The third-order valence-electron chi connectivity index (χ3n) is 11.1. The van der Waals surface area contributed by atoms with Gasteiger partial charge in [-0.2, -0.15) is 4.98 Å². The third-order valence-corrected chi connectivity index (χ3v) is 13.6. The van der Waals surface area contributed by atoms with Crippen LogP contribution in [-0.4, -0.2) is 95.0 Å². The molecule has 3 aromatic carbocycles. The normalized spacial score (nSPS) is 18.3. The molecule has 2 fully saturated rings. The molecule has 0 radical (unpaired) electrons. The van der Waals surface area contributed by atoms with E-state index in [9.17, 15) is 32.7 Å². The molecule has 4 aromatic rings. The van der Waals surface area contributed by atoms with Gasteiger partial charge in [-0.3, -0.25) is 29.4 Å². The predicted octanol–water partition coefficient (Wildman–Crippen LogP) is 5.04. The van der Waals surface area contributed by atoms with E-state index in [1.54, 1.807) is 57.4 Å². The second-order valence-corrected chi connectivity index (χ2v) is 17.9. The standard InChI is InChI=1S/C41H44ClN7O8S/c1-23(2)58(55,56)34-8-6-5-7-30(34)44-36-29(42)22-43-40(47-36)45-31-19-24(3)25(20-33(31)57-4)13-16-48-17-14-41(54,15-18-48)26-9-10-27-28(21-26)39(53)49(38(27)52)32-11-12-35(50)46-37(32)51/h5-10,19-23,32,54H,11-18H2,1-4H3,(H,46,50,51)(H2,43,44,45,47). The number of ether oxygens (including phenoxy) is 1. The summed E-state index contributed by atoms with van der Waals surface area (Å²) in [5, 5.41) is 19.8. The molecule has 0 bridgehead atoms. The molecule has 0 spiro atoms. The summed E-state index contributed by atoms with van der Waals surface area (Å²) in [6.07, 6.45) is 3.06. The van der Waals surface area contributed by atoms with E-state index in [0.29, 0.717) is 61.6 Å². The molecule has 15 nitrogen and oxygen atoms in total. The molecule has 7 rings (SSSR count). The number of fused-ring (bicyclic) bond motifs is 1. The predicted molar refractivity (Wildman–Crippen MR) is 216 cm³/mol. The van der Waals surface area contributed by atoms with Crippen molar-refractivity contribution in [1.29, 1.82) is 0 Å². The van der Waals surface area contributed by atoms with E-state index in [1.807, 2.05) is 19.1 Å². The highest BCUT2D eigenvalue weighted by Gasteiger charge is 2.45. The maximum absolute atomic E-state index is 13.4. The van der Waals surface area contributed by atoms with E-state index >= 15 is 0 Å². The number of carbonyl (C=O) groups is 4. The Morgan fingerprint density at radius 1 is 1.00 bits per heavy atom. The molecule has 4 N–H and O–H groups in total. The number of piperidine rings is 2. The summed E-state index contributed by atoms with van der Waals surface area (Å²) in [6, 6.07) is 14.2. The van der Waals surface area contributed by atoms with Crippen molar-refractivity contribution in [3.05, 3.63) is 93.6 Å². The number of carbonyl (C=O) groups excluding carboxylic acids is 4. The zero-order valence-corrected chi connectivity index (χ0v) is 34.0. The number of likely N-dealkylation sites (tertiary alicyclic amines) is 1. The van der Waals surface area contributed by atoms with Gasteiger partial charge in [0.05, 0.1) is 51.6 Å². The Hall–Kier alpha value is -5.42. The number of aromatic nitrogens is 2. The highest BCUT2D eigenvalue weighted by molar-refractivity contribution is 7.92. The van der Waals surface area contributed by atoms with Crippen LogP contribution in [0.3, 0.4) is 0 Å². The fourth-order valence-electron chi connectivity index (χ4n) is 7.58. The van der Waals surface area contributed by atoms with Crippen molar-refractivity contribution < 1.29 is 37.4 Å². The van der Waals surface area contributed by atoms with Crippen molar-refractivity contribution >= 4 is 68.2 Å². The highest BCUT2D eigenvalue weighted by Crippen LogP contribution is 2.38. The molecule has 4 heterocycles. The summed E-state index contributed by atoms with van der Waals surface area (Å²) in [5.41, 5.74) is 2.68. The molecule has 4 amide bonds. The van der Waals surface area contributed by atoms with Crippen molar-refractivity contribution in [1.82, 2.24) is 25.1 Å². The summed E-state index contributed by atoms with van der Waals surface area (Å²) in [5.74, 6) is -1.29. The second-order valence-electron chi connectivity index (χ2n) is 15.0. The number of methoxy groups -OCH3 is 1. The minimum atomic E-state index is -3.59. The van der Waals surface area contributed by atoms with Gasteiger partial charge in [-0.05, 0) is 99.5 Å². The van der Waals surface area contributed by atoms with Gasteiger partial charge >= 0.3 is 0 Å².